The first-order valence-corrected chi connectivity index (χ1v) is 9.64. The molecule has 6 heteroatoms. The van der Waals surface area contributed by atoms with Crippen molar-refractivity contribution in [1.29, 1.82) is 0 Å². The summed E-state index contributed by atoms with van der Waals surface area (Å²) in [4.78, 5) is 9.13. The van der Waals surface area contributed by atoms with Crippen LogP contribution in [0, 0.1) is 20.8 Å². The van der Waals surface area contributed by atoms with Crippen LogP contribution in [0.4, 0.5) is 17.5 Å². The molecule has 0 unspecified atom stereocenters. The third-order valence-corrected chi connectivity index (χ3v) is 4.73. The van der Waals surface area contributed by atoms with E-state index in [4.69, 9.17) is 9.47 Å². The van der Waals surface area contributed by atoms with Crippen LogP contribution >= 0.6 is 0 Å². The average Bonchev–Trinajstić information content (AvgIpc) is 2.70. The Hall–Kier alpha value is -3.28. The van der Waals surface area contributed by atoms with Gasteiger partial charge in [0, 0.05) is 24.0 Å². The largest absolute Gasteiger partial charge is 0.493 e. The monoisotopic (exact) mass is 392 g/mol. The van der Waals surface area contributed by atoms with Gasteiger partial charge in [-0.05, 0) is 56.0 Å². The van der Waals surface area contributed by atoms with Crippen LogP contribution in [0.1, 0.15) is 22.4 Å². The van der Waals surface area contributed by atoms with Crippen molar-refractivity contribution in [1.82, 2.24) is 9.97 Å². The summed E-state index contributed by atoms with van der Waals surface area (Å²) in [6.45, 7) is 6.86. The van der Waals surface area contributed by atoms with E-state index in [9.17, 15) is 0 Å². The molecule has 0 amide bonds. The SMILES string of the molecule is COc1ccc(CCNc2nc(C)cc(Nc3c(C)cccc3C)n2)cc1OC. The number of hydrogen-bond acceptors (Lipinski definition) is 6. The van der Waals surface area contributed by atoms with Crippen molar-refractivity contribution in [3.8, 4) is 11.5 Å². The maximum absolute atomic E-state index is 5.37. The summed E-state index contributed by atoms with van der Waals surface area (Å²) in [5.41, 5.74) is 5.51. The lowest BCUT2D eigenvalue weighted by molar-refractivity contribution is 0.354. The normalized spacial score (nSPS) is 10.5. The fourth-order valence-corrected chi connectivity index (χ4v) is 3.21. The van der Waals surface area contributed by atoms with E-state index < -0.39 is 0 Å². The zero-order valence-corrected chi connectivity index (χ0v) is 17.7. The number of nitrogens with one attached hydrogen (secondary N) is 2. The predicted octanol–water partition coefficient (Wildman–Crippen LogP) is 4.82. The zero-order chi connectivity index (χ0) is 20.8. The van der Waals surface area contributed by atoms with Crippen LogP contribution in [0.2, 0.25) is 0 Å². The quantitative estimate of drug-likeness (QED) is 0.573. The lowest BCUT2D eigenvalue weighted by atomic mass is 10.1. The average molecular weight is 393 g/mol. The number of ether oxygens (including phenoxy) is 2. The Labute approximate surface area is 172 Å². The fourth-order valence-electron chi connectivity index (χ4n) is 3.21. The Morgan fingerprint density at radius 3 is 2.28 bits per heavy atom. The number of nitrogens with zero attached hydrogens (tertiary/aromatic N) is 2. The minimum absolute atomic E-state index is 0.610. The van der Waals surface area contributed by atoms with Crippen molar-refractivity contribution in [3.05, 3.63) is 64.8 Å². The Bertz CT molecular complexity index is 968. The number of methoxy groups -OCH3 is 2. The molecule has 0 aliphatic carbocycles. The molecule has 152 valence electrons. The number of aryl methyl sites for hydroxylation is 3. The highest BCUT2D eigenvalue weighted by Gasteiger charge is 2.08. The van der Waals surface area contributed by atoms with E-state index in [0.717, 1.165) is 40.7 Å². The minimum Gasteiger partial charge on any atom is -0.493 e. The fraction of sp³-hybridized carbons (Fsp3) is 0.304. The van der Waals surface area contributed by atoms with Crippen LogP contribution in [-0.4, -0.2) is 30.7 Å². The number of hydrogen-bond donors (Lipinski definition) is 2. The third-order valence-electron chi connectivity index (χ3n) is 4.73. The maximum Gasteiger partial charge on any atom is 0.224 e. The molecule has 1 aromatic heterocycles. The van der Waals surface area contributed by atoms with Crippen molar-refractivity contribution in [2.75, 3.05) is 31.4 Å². The highest BCUT2D eigenvalue weighted by atomic mass is 16.5. The van der Waals surface area contributed by atoms with Gasteiger partial charge in [-0.15, -0.1) is 0 Å². The van der Waals surface area contributed by atoms with Gasteiger partial charge >= 0.3 is 0 Å². The van der Waals surface area contributed by atoms with Gasteiger partial charge in [-0.25, -0.2) is 4.98 Å². The molecule has 2 N–H and O–H groups in total. The van der Waals surface area contributed by atoms with Gasteiger partial charge < -0.3 is 20.1 Å². The van der Waals surface area contributed by atoms with Crippen molar-refractivity contribution < 1.29 is 9.47 Å². The van der Waals surface area contributed by atoms with Crippen molar-refractivity contribution >= 4 is 17.5 Å². The van der Waals surface area contributed by atoms with Crippen LogP contribution in [0.5, 0.6) is 11.5 Å². The van der Waals surface area contributed by atoms with Gasteiger partial charge in [0.25, 0.3) is 0 Å². The molecular weight excluding hydrogens is 364 g/mol. The Morgan fingerprint density at radius 2 is 1.59 bits per heavy atom. The summed E-state index contributed by atoms with van der Waals surface area (Å²) in [6, 6.07) is 14.1. The second kappa shape index (κ2) is 9.28. The van der Waals surface area contributed by atoms with Gasteiger partial charge in [-0.3, -0.25) is 0 Å². The Balaban J connectivity index is 1.68. The molecule has 2 aromatic carbocycles. The first kappa shape index (κ1) is 20.5. The zero-order valence-electron chi connectivity index (χ0n) is 17.7. The van der Waals surface area contributed by atoms with E-state index in [1.165, 1.54) is 11.1 Å². The molecule has 0 radical (unpaired) electrons. The summed E-state index contributed by atoms with van der Waals surface area (Å²) in [6.07, 6.45) is 0.817. The molecule has 0 spiro atoms. The maximum atomic E-state index is 5.37. The molecule has 0 atom stereocenters. The van der Waals surface area contributed by atoms with Crippen LogP contribution < -0.4 is 20.1 Å². The summed E-state index contributed by atoms with van der Waals surface area (Å²) in [5.74, 6) is 2.85. The molecule has 1 heterocycles. The van der Waals surface area contributed by atoms with E-state index in [1.54, 1.807) is 14.2 Å². The topological polar surface area (TPSA) is 68.3 Å². The molecule has 0 aliphatic rings. The first-order chi connectivity index (χ1) is 14.0. The lowest BCUT2D eigenvalue weighted by Crippen LogP contribution is -2.10. The first-order valence-electron chi connectivity index (χ1n) is 9.64. The van der Waals surface area contributed by atoms with E-state index >= 15 is 0 Å². The number of rotatable bonds is 8. The molecule has 0 saturated heterocycles. The summed E-state index contributed by atoms with van der Waals surface area (Å²) >= 11 is 0. The highest BCUT2D eigenvalue weighted by molar-refractivity contribution is 5.65. The van der Waals surface area contributed by atoms with Gasteiger partial charge in [0.15, 0.2) is 11.5 Å². The van der Waals surface area contributed by atoms with E-state index in [-0.39, 0.29) is 0 Å². The standard InChI is InChI=1S/C23H28N4O2/c1-15-7-6-8-16(2)22(15)26-21-13-17(3)25-23(27-21)24-12-11-18-9-10-19(28-4)20(14-18)29-5/h6-10,13-14H,11-12H2,1-5H3,(H2,24,25,26,27). The third kappa shape index (κ3) is 5.16. The number of aromatic nitrogens is 2. The smallest absolute Gasteiger partial charge is 0.224 e. The van der Waals surface area contributed by atoms with Gasteiger partial charge in [-0.1, -0.05) is 24.3 Å². The molecule has 0 fully saturated rings. The van der Waals surface area contributed by atoms with E-state index in [1.807, 2.05) is 31.2 Å². The van der Waals surface area contributed by atoms with Crippen LogP contribution in [-0.2, 0) is 6.42 Å². The van der Waals surface area contributed by atoms with Crippen LogP contribution in [0.25, 0.3) is 0 Å². The van der Waals surface area contributed by atoms with Crippen LogP contribution in [0.3, 0.4) is 0 Å². The van der Waals surface area contributed by atoms with Gasteiger partial charge in [0.05, 0.1) is 14.2 Å². The van der Waals surface area contributed by atoms with Gasteiger partial charge in [0.2, 0.25) is 5.95 Å². The molecular formula is C23H28N4O2. The molecule has 29 heavy (non-hydrogen) atoms. The molecule has 0 bridgehead atoms. The second-order valence-corrected chi connectivity index (χ2v) is 6.98. The molecule has 6 nitrogen and oxygen atoms in total. The summed E-state index contributed by atoms with van der Waals surface area (Å²) < 4.78 is 10.7. The van der Waals surface area contributed by atoms with Crippen molar-refractivity contribution in [2.45, 2.75) is 27.2 Å². The number of para-hydroxylation sites is 1. The summed E-state index contributed by atoms with van der Waals surface area (Å²) in [5, 5.41) is 6.76. The molecule has 0 aliphatic heterocycles. The molecule has 0 saturated carbocycles. The second-order valence-electron chi connectivity index (χ2n) is 6.98. The highest BCUT2D eigenvalue weighted by Crippen LogP contribution is 2.28. The Morgan fingerprint density at radius 1 is 0.862 bits per heavy atom. The minimum atomic E-state index is 0.610. The lowest BCUT2D eigenvalue weighted by Gasteiger charge is -2.14. The van der Waals surface area contributed by atoms with Gasteiger partial charge in [0.1, 0.15) is 5.82 Å². The van der Waals surface area contributed by atoms with Crippen molar-refractivity contribution in [2.24, 2.45) is 0 Å². The molecule has 3 aromatic rings. The number of anilines is 3. The Kier molecular flexibility index (Phi) is 6.54. The summed E-state index contributed by atoms with van der Waals surface area (Å²) in [7, 11) is 3.28. The van der Waals surface area contributed by atoms with Gasteiger partial charge in [-0.2, -0.15) is 4.98 Å². The van der Waals surface area contributed by atoms with E-state index in [2.05, 4.69) is 52.6 Å². The van der Waals surface area contributed by atoms with Crippen LogP contribution in [0.15, 0.2) is 42.5 Å². The molecule has 3 rings (SSSR count). The van der Waals surface area contributed by atoms with Crippen molar-refractivity contribution in [3.63, 3.8) is 0 Å². The predicted molar refractivity (Wildman–Crippen MR) is 118 cm³/mol. The number of benzene rings is 2. The van der Waals surface area contributed by atoms with E-state index in [0.29, 0.717) is 12.5 Å².